The molecule has 520 valence electrons. The maximum absolute atomic E-state index is 13.6. The molecule has 4 N–H and O–H groups in total. The summed E-state index contributed by atoms with van der Waals surface area (Å²) in [5.74, 6) is 0.0621. The smallest absolute Gasteiger partial charge is 0.322 e. The van der Waals surface area contributed by atoms with Gasteiger partial charge in [0.05, 0.1) is 56.3 Å². The van der Waals surface area contributed by atoms with Gasteiger partial charge in [0.2, 0.25) is 0 Å². The Morgan fingerprint density at radius 2 is 0.842 bits per heavy atom. The number of carbonyl (C=O) groups is 2. The number of hydrogen-bond donors (Lipinski definition) is 4. The van der Waals surface area contributed by atoms with E-state index in [2.05, 4.69) is 50.5 Å². The van der Waals surface area contributed by atoms with Crippen molar-refractivity contribution in [2.24, 2.45) is 0 Å². The number of alkyl halides is 6. The Morgan fingerprint density at radius 1 is 0.465 bits per heavy atom. The summed E-state index contributed by atoms with van der Waals surface area (Å²) in [6, 6.07) is 40.1. The van der Waals surface area contributed by atoms with Gasteiger partial charge in [0.15, 0.2) is 0 Å². The summed E-state index contributed by atoms with van der Waals surface area (Å²) in [7, 11) is -8.04. The molecule has 0 saturated carbocycles. The zero-order valence-corrected chi connectivity index (χ0v) is 55.7. The molecule has 0 aliphatic carbocycles. The molecule has 0 atom stereocenters. The summed E-state index contributed by atoms with van der Waals surface area (Å²) in [4.78, 5) is 60.5. The van der Waals surface area contributed by atoms with Crippen LogP contribution in [-0.2, 0) is 45.4 Å². The third-order valence-electron chi connectivity index (χ3n) is 14.9. The van der Waals surface area contributed by atoms with Crippen molar-refractivity contribution in [3.05, 3.63) is 299 Å². The van der Waals surface area contributed by atoms with Gasteiger partial charge in [-0.25, -0.2) is 29.9 Å². The summed E-state index contributed by atoms with van der Waals surface area (Å²) in [6.07, 6.45) is 7.77. The first-order chi connectivity index (χ1) is 47.3. The minimum atomic E-state index is -4.59. The van der Waals surface area contributed by atoms with Crippen LogP contribution in [0.4, 0.5) is 37.7 Å². The predicted octanol–water partition coefficient (Wildman–Crippen LogP) is 15.5. The Bertz CT molecular complexity index is 4800. The van der Waals surface area contributed by atoms with Crippen LogP contribution >= 0.6 is 0 Å². The number of aromatic nitrogens is 10. The monoisotopic (exact) mass is 1420 g/mol. The number of amides is 2. The molecule has 101 heavy (non-hydrogen) atoms. The summed E-state index contributed by atoms with van der Waals surface area (Å²) in [6.45, 7) is 11.0. The zero-order valence-electron chi connectivity index (χ0n) is 54.1. The highest BCUT2D eigenvalue weighted by molar-refractivity contribution is 7.86. The van der Waals surface area contributed by atoms with Gasteiger partial charge in [0.1, 0.15) is 11.6 Å². The van der Waals surface area contributed by atoms with Gasteiger partial charge in [-0.05, 0) is 185 Å². The number of nitrogens with zero attached hydrogens (tertiary/aromatic N) is 10. The third kappa shape index (κ3) is 21.3. The van der Waals surface area contributed by atoms with Gasteiger partial charge in [0, 0.05) is 107 Å². The number of anilines is 2. The number of aryl methyl sites for hydroxylation is 6. The molecule has 0 fully saturated rings. The lowest BCUT2D eigenvalue weighted by Gasteiger charge is -2.14. The number of imidazole rings is 2. The minimum Gasteiger partial charge on any atom is -0.322 e. The Balaban J connectivity index is 0.000000196. The Morgan fingerprint density at radius 3 is 1.16 bits per heavy atom. The number of benzene rings is 6. The quantitative estimate of drug-likeness (QED) is 0.0581. The molecule has 12 aromatic rings. The van der Waals surface area contributed by atoms with Crippen LogP contribution in [0.2, 0.25) is 0 Å². The normalized spacial score (nSPS) is 11.3. The summed E-state index contributed by atoms with van der Waals surface area (Å²) in [5, 5.41) is 5.24. The van der Waals surface area contributed by atoms with Crippen LogP contribution in [0, 0.1) is 41.5 Å². The van der Waals surface area contributed by atoms with Crippen LogP contribution in [0.1, 0.15) is 95.7 Å². The lowest BCUT2D eigenvalue weighted by molar-refractivity contribution is -0.138. The molecule has 0 saturated heterocycles. The molecule has 6 aromatic heterocycles. The van der Waals surface area contributed by atoms with Crippen molar-refractivity contribution < 1.29 is 61.9 Å². The number of nitrogens with one attached hydrogen (secondary N) is 2. The first-order valence-electron chi connectivity index (χ1n) is 30.1. The van der Waals surface area contributed by atoms with E-state index < -0.39 is 55.5 Å². The molecule has 12 rings (SSSR count). The number of hydrogen-bond acceptors (Lipinski definition) is 14. The number of rotatable bonds is 14. The van der Waals surface area contributed by atoms with Crippen LogP contribution in [-0.4, -0.2) is 86.8 Å². The minimum absolute atomic E-state index is 0. The fourth-order valence-corrected chi connectivity index (χ4v) is 10.6. The van der Waals surface area contributed by atoms with Gasteiger partial charge in [-0.15, -0.1) is 0 Å². The fraction of sp³-hybridized carbons (Fsp3) is 0.151. The van der Waals surface area contributed by atoms with E-state index in [0.717, 1.165) is 80.2 Å². The van der Waals surface area contributed by atoms with E-state index in [9.17, 15) is 52.8 Å². The van der Waals surface area contributed by atoms with E-state index in [0.29, 0.717) is 47.0 Å². The average molecular weight is 1420 g/mol. The van der Waals surface area contributed by atoms with Gasteiger partial charge in [-0.2, -0.15) is 43.2 Å². The highest BCUT2D eigenvalue weighted by atomic mass is 32.2. The number of pyridine rings is 2. The first kappa shape index (κ1) is 75.3. The standard InChI is InChI=1S/2C29H23F3N6O.2C7H8O3S.CH4/c2*1-18-5-6-20(10-22(18)11-27-34-9-7-26(37-27)21-4-3-8-33-15-21)28(39)36-24-12-23(29(30,31)32)13-25(14-24)38-16-19(2)35-17-38;2*1-6-2-4-7(5-3-6)11(8,9)10;/h2*3-10,12-17H,11H2,1-2H3,(H,36,39);2*2-5H,1H3,(H,8,9,10);1H4. The van der Waals surface area contributed by atoms with Crippen molar-refractivity contribution in [2.45, 2.75) is 84.0 Å². The molecule has 0 radical (unpaired) electrons. The highest BCUT2D eigenvalue weighted by Crippen LogP contribution is 2.35. The van der Waals surface area contributed by atoms with Gasteiger partial charge in [0.25, 0.3) is 32.1 Å². The average Bonchev–Trinajstić information content (AvgIpc) is 1.80. The molecule has 0 aliphatic rings. The van der Waals surface area contributed by atoms with E-state index in [-0.39, 0.29) is 40.0 Å². The van der Waals surface area contributed by atoms with Crippen molar-refractivity contribution in [1.29, 1.82) is 0 Å². The first-order valence-corrected chi connectivity index (χ1v) is 33.0. The second-order valence-electron chi connectivity index (χ2n) is 22.7. The van der Waals surface area contributed by atoms with Crippen LogP contribution in [0.25, 0.3) is 33.9 Å². The molecule has 6 heterocycles. The molecule has 20 nitrogen and oxygen atoms in total. The molecule has 2 amide bonds. The maximum atomic E-state index is 13.6. The molecule has 0 spiro atoms. The van der Waals surface area contributed by atoms with E-state index in [1.807, 2.05) is 52.0 Å². The fourth-order valence-electron chi connectivity index (χ4n) is 9.61. The molecule has 0 unspecified atom stereocenters. The second kappa shape index (κ2) is 32.5. The van der Waals surface area contributed by atoms with Crippen molar-refractivity contribution >= 4 is 43.4 Å². The molecular weight excluding hydrogens is 1350 g/mol. The Kier molecular flexibility index (Phi) is 24.2. The molecule has 0 bridgehead atoms. The van der Waals surface area contributed by atoms with Crippen LogP contribution < -0.4 is 10.6 Å². The lowest BCUT2D eigenvalue weighted by Crippen LogP contribution is -2.14. The molecular formula is C73H66F6N12O8S2. The molecule has 0 aliphatic heterocycles. The third-order valence-corrected chi connectivity index (χ3v) is 16.6. The van der Waals surface area contributed by atoms with Gasteiger partial charge in [-0.3, -0.25) is 28.7 Å². The van der Waals surface area contributed by atoms with Crippen molar-refractivity contribution in [3.8, 4) is 33.9 Å². The lowest BCUT2D eigenvalue weighted by atomic mass is 10.0. The van der Waals surface area contributed by atoms with Crippen LogP contribution in [0.3, 0.4) is 0 Å². The van der Waals surface area contributed by atoms with Gasteiger partial charge >= 0.3 is 12.4 Å². The predicted molar refractivity (Wildman–Crippen MR) is 370 cm³/mol. The maximum Gasteiger partial charge on any atom is 0.416 e. The van der Waals surface area contributed by atoms with E-state index in [4.69, 9.17) is 9.11 Å². The highest BCUT2D eigenvalue weighted by Gasteiger charge is 2.33. The summed E-state index contributed by atoms with van der Waals surface area (Å²) >= 11 is 0. The van der Waals surface area contributed by atoms with E-state index >= 15 is 0 Å². The van der Waals surface area contributed by atoms with Gasteiger partial charge in [-0.1, -0.05) is 55.0 Å². The largest absolute Gasteiger partial charge is 0.416 e. The number of carbonyl (C=O) groups excluding carboxylic acids is 2. The number of halogens is 6. The zero-order chi connectivity index (χ0) is 72.1. The summed E-state index contributed by atoms with van der Waals surface area (Å²) in [5.41, 5.74) is 9.25. The van der Waals surface area contributed by atoms with Gasteiger partial charge < -0.3 is 19.8 Å². The van der Waals surface area contributed by atoms with Crippen molar-refractivity contribution in [1.82, 2.24) is 49.0 Å². The van der Waals surface area contributed by atoms with Crippen molar-refractivity contribution in [2.75, 3.05) is 10.6 Å². The topological polar surface area (TPSA) is 280 Å². The summed E-state index contributed by atoms with van der Waals surface area (Å²) < 4.78 is 144. The van der Waals surface area contributed by atoms with Crippen LogP contribution in [0.15, 0.2) is 230 Å². The molecule has 28 heteroatoms. The molecule has 6 aromatic carbocycles. The van der Waals surface area contributed by atoms with Crippen molar-refractivity contribution in [3.63, 3.8) is 0 Å². The van der Waals surface area contributed by atoms with E-state index in [1.165, 1.54) is 58.2 Å². The van der Waals surface area contributed by atoms with E-state index in [1.54, 1.807) is 136 Å². The Hall–Kier alpha value is -11.5. The second-order valence-corrected chi connectivity index (χ2v) is 25.5. The van der Waals surface area contributed by atoms with Crippen LogP contribution in [0.5, 0.6) is 0 Å². The Labute approximate surface area is 578 Å². The SMILES string of the molecule is C.Cc1ccc(S(=O)(=O)O)cc1.Cc1ccc(S(=O)(=O)O)cc1.Cc1cn(-c2cc(NC(=O)c3ccc(C)c(Cc4nccc(-c5cccnc5)n4)c3)cc(C(F)(F)F)c2)cn1.Cc1cn(-c2cc(NC(=O)c3ccc(C)c(Cc4nccc(-c5cccnc5)n4)c3)cc(C(F)(F)F)c2)cn1.